The summed E-state index contributed by atoms with van der Waals surface area (Å²) in [5, 5.41) is 37.6. The first-order chi connectivity index (χ1) is 16.7. The van der Waals surface area contributed by atoms with Crippen molar-refractivity contribution in [1.29, 1.82) is 21.0 Å². The zero-order chi connectivity index (χ0) is 25.9. The molecule has 0 heterocycles. The standard InChI is InChI=1S/C26H9F3N6/c1-26(18-4-14(10-30)23(27)15(5-18)11-31,19-6-16(12-32)24(28)21(8-19)34-2)20-7-17(13-33)25(29)22(9-20)35-3/h4-9H,1H3. The Morgan fingerprint density at radius 2 is 0.886 bits per heavy atom. The second-order valence-electron chi connectivity index (χ2n) is 7.39. The molecule has 35 heavy (non-hydrogen) atoms. The molecular formula is C26H9F3N6. The highest BCUT2D eigenvalue weighted by Crippen LogP contribution is 2.44. The van der Waals surface area contributed by atoms with E-state index in [0.717, 1.165) is 36.4 Å². The lowest BCUT2D eigenvalue weighted by Gasteiger charge is -2.33. The van der Waals surface area contributed by atoms with Gasteiger partial charge in [0.25, 0.3) is 0 Å². The summed E-state index contributed by atoms with van der Waals surface area (Å²) in [5.74, 6) is -3.21. The Hall–Kier alpha value is -5.61. The molecule has 0 radical (unpaired) electrons. The van der Waals surface area contributed by atoms with Crippen LogP contribution in [0.15, 0.2) is 36.4 Å². The molecule has 3 aromatic rings. The van der Waals surface area contributed by atoms with E-state index < -0.39 is 56.5 Å². The van der Waals surface area contributed by atoms with E-state index in [0.29, 0.717) is 0 Å². The van der Waals surface area contributed by atoms with Gasteiger partial charge < -0.3 is 0 Å². The number of hydrogen-bond donors (Lipinski definition) is 0. The van der Waals surface area contributed by atoms with Crippen LogP contribution < -0.4 is 0 Å². The summed E-state index contributed by atoms with van der Waals surface area (Å²) in [4.78, 5) is 6.20. The fraction of sp³-hybridized carbons (Fsp3) is 0.0769. The molecule has 164 valence electrons. The Balaban J connectivity index is 2.59. The number of rotatable bonds is 3. The third-order valence-electron chi connectivity index (χ3n) is 5.63. The molecule has 0 N–H and O–H groups in total. The summed E-state index contributed by atoms with van der Waals surface area (Å²) in [6.07, 6.45) is 0. The highest BCUT2D eigenvalue weighted by Gasteiger charge is 2.35. The van der Waals surface area contributed by atoms with Crippen molar-refractivity contribution >= 4 is 11.4 Å². The average molecular weight is 462 g/mol. The van der Waals surface area contributed by atoms with Gasteiger partial charge in [0, 0.05) is 5.41 Å². The molecule has 9 heteroatoms. The highest BCUT2D eigenvalue weighted by atomic mass is 19.1. The number of nitrogens with zero attached hydrogens (tertiary/aromatic N) is 6. The highest BCUT2D eigenvalue weighted by molar-refractivity contribution is 5.65. The van der Waals surface area contributed by atoms with E-state index in [1.807, 2.05) is 0 Å². The van der Waals surface area contributed by atoms with E-state index in [1.54, 1.807) is 24.3 Å². The molecule has 0 saturated carbocycles. The molecular weight excluding hydrogens is 453 g/mol. The lowest BCUT2D eigenvalue weighted by atomic mass is 9.69. The van der Waals surface area contributed by atoms with E-state index in [4.69, 9.17) is 13.1 Å². The fourth-order valence-corrected chi connectivity index (χ4v) is 3.70. The Morgan fingerprint density at radius 1 is 0.600 bits per heavy atom. The monoisotopic (exact) mass is 462 g/mol. The van der Waals surface area contributed by atoms with Gasteiger partial charge in [0.1, 0.15) is 35.9 Å². The van der Waals surface area contributed by atoms with Gasteiger partial charge in [-0.05, 0) is 60.0 Å². The summed E-state index contributed by atoms with van der Waals surface area (Å²) in [7, 11) is 0. The van der Waals surface area contributed by atoms with Crippen LogP contribution in [0.1, 0.15) is 45.9 Å². The lowest BCUT2D eigenvalue weighted by molar-refractivity contribution is 0.610. The normalized spacial score (nSPS) is 10.1. The van der Waals surface area contributed by atoms with Gasteiger partial charge in [-0.15, -0.1) is 0 Å². The molecule has 0 unspecified atom stereocenters. The van der Waals surface area contributed by atoms with Crippen molar-refractivity contribution in [2.75, 3.05) is 0 Å². The van der Waals surface area contributed by atoms with Crippen LogP contribution >= 0.6 is 0 Å². The van der Waals surface area contributed by atoms with Crippen LogP contribution in [0.25, 0.3) is 9.69 Å². The molecule has 6 nitrogen and oxygen atoms in total. The van der Waals surface area contributed by atoms with Gasteiger partial charge in [-0.3, -0.25) is 0 Å². The summed E-state index contributed by atoms with van der Waals surface area (Å²) < 4.78 is 43.6. The van der Waals surface area contributed by atoms with Gasteiger partial charge >= 0.3 is 0 Å². The van der Waals surface area contributed by atoms with Crippen LogP contribution in [0, 0.1) is 75.9 Å². The van der Waals surface area contributed by atoms with Gasteiger partial charge in [0.2, 0.25) is 11.4 Å². The van der Waals surface area contributed by atoms with Crippen molar-refractivity contribution in [3.63, 3.8) is 0 Å². The maximum absolute atomic E-state index is 14.5. The average Bonchev–Trinajstić information content (AvgIpc) is 2.88. The minimum absolute atomic E-state index is 0.0878. The molecule has 0 bridgehead atoms. The van der Waals surface area contributed by atoms with Crippen molar-refractivity contribution in [1.82, 2.24) is 0 Å². The molecule has 0 spiro atoms. The second kappa shape index (κ2) is 9.10. The molecule has 0 amide bonds. The molecule has 3 rings (SSSR count). The van der Waals surface area contributed by atoms with Crippen molar-refractivity contribution in [2.45, 2.75) is 12.3 Å². The SMILES string of the molecule is [C-]#[N+]c1cc(C(C)(c2cc(C#N)c(F)c(C#N)c2)c2cc(C#N)c(F)c([N+]#[C-])c2)cc(C#N)c1F. The van der Waals surface area contributed by atoms with Gasteiger partial charge in [0.05, 0.1) is 35.4 Å². The van der Waals surface area contributed by atoms with Crippen molar-refractivity contribution in [3.8, 4) is 24.3 Å². The molecule has 0 fully saturated rings. The smallest absolute Gasteiger partial charge is 0.223 e. The van der Waals surface area contributed by atoms with Crippen molar-refractivity contribution in [3.05, 3.63) is 116 Å². The summed E-state index contributed by atoms with van der Waals surface area (Å²) in [6, 6.07) is 13.3. The van der Waals surface area contributed by atoms with Crippen LogP contribution in [-0.2, 0) is 5.41 Å². The minimum Gasteiger partial charge on any atom is -0.235 e. The number of benzene rings is 3. The number of hydrogen-bond acceptors (Lipinski definition) is 4. The molecule has 0 aliphatic heterocycles. The first-order valence-corrected chi connectivity index (χ1v) is 9.57. The zero-order valence-electron chi connectivity index (χ0n) is 17.8. The third-order valence-corrected chi connectivity index (χ3v) is 5.63. The Kier molecular flexibility index (Phi) is 6.25. The lowest BCUT2D eigenvalue weighted by Crippen LogP contribution is -2.26. The van der Waals surface area contributed by atoms with Gasteiger partial charge in [0.15, 0.2) is 5.82 Å². The predicted octanol–water partition coefficient (Wildman–Crippen LogP) is 6.05. The molecule has 0 atom stereocenters. The number of nitriles is 4. The topological polar surface area (TPSA) is 104 Å². The largest absolute Gasteiger partial charge is 0.235 e. The molecule has 0 aliphatic rings. The Labute approximate surface area is 198 Å². The third kappa shape index (κ3) is 3.77. The minimum atomic E-state index is -1.59. The van der Waals surface area contributed by atoms with E-state index >= 15 is 0 Å². The fourth-order valence-electron chi connectivity index (χ4n) is 3.70. The number of halogens is 3. The summed E-state index contributed by atoms with van der Waals surface area (Å²) in [6.45, 7) is 16.1. The molecule has 0 saturated heterocycles. The van der Waals surface area contributed by atoms with Crippen LogP contribution in [0.5, 0.6) is 0 Å². The van der Waals surface area contributed by atoms with Crippen LogP contribution in [-0.4, -0.2) is 0 Å². The van der Waals surface area contributed by atoms with Crippen molar-refractivity contribution in [2.24, 2.45) is 0 Å². The van der Waals surface area contributed by atoms with E-state index in [2.05, 4.69) is 9.69 Å². The quantitative estimate of drug-likeness (QED) is 0.349. The van der Waals surface area contributed by atoms with E-state index in [-0.39, 0.29) is 16.7 Å². The zero-order valence-corrected chi connectivity index (χ0v) is 17.8. The van der Waals surface area contributed by atoms with E-state index in [9.17, 15) is 34.2 Å². The van der Waals surface area contributed by atoms with Gasteiger partial charge in [-0.25, -0.2) is 22.9 Å². The molecule has 0 aromatic heterocycles. The van der Waals surface area contributed by atoms with Crippen molar-refractivity contribution < 1.29 is 13.2 Å². The molecule has 3 aromatic carbocycles. The maximum Gasteiger partial charge on any atom is 0.223 e. The first-order valence-electron chi connectivity index (χ1n) is 9.57. The maximum atomic E-state index is 14.5. The van der Waals surface area contributed by atoms with Crippen LogP contribution in [0.2, 0.25) is 0 Å². The summed E-state index contributed by atoms with van der Waals surface area (Å²) >= 11 is 0. The molecule has 0 aliphatic carbocycles. The van der Waals surface area contributed by atoms with Gasteiger partial charge in [-0.2, -0.15) is 21.0 Å². The Bertz CT molecular complexity index is 1360. The second-order valence-corrected chi connectivity index (χ2v) is 7.39. The summed E-state index contributed by atoms with van der Waals surface area (Å²) in [5.41, 5.74) is -4.32. The van der Waals surface area contributed by atoms with Crippen LogP contribution in [0.3, 0.4) is 0 Å². The van der Waals surface area contributed by atoms with E-state index in [1.165, 1.54) is 6.92 Å². The van der Waals surface area contributed by atoms with Gasteiger partial charge in [-0.1, -0.05) is 0 Å². The predicted molar refractivity (Wildman–Crippen MR) is 116 cm³/mol. The Morgan fingerprint density at radius 3 is 1.17 bits per heavy atom. The van der Waals surface area contributed by atoms with Crippen LogP contribution in [0.4, 0.5) is 24.5 Å². The first kappa shape index (κ1) is 24.0.